The van der Waals surface area contributed by atoms with Gasteiger partial charge in [0.1, 0.15) is 5.75 Å². The van der Waals surface area contributed by atoms with Crippen molar-refractivity contribution in [3.8, 4) is 5.75 Å². The number of nitrogens with one attached hydrogen (secondary N) is 1. The molecule has 0 saturated carbocycles. The van der Waals surface area contributed by atoms with Crippen LogP contribution in [0.15, 0.2) is 29.3 Å². The molecule has 0 unspecified atom stereocenters. The number of aliphatic imine (C=N–C) groups is 1. The van der Waals surface area contributed by atoms with Crippen LogP contribution in [0.2, 0.25) is 0 Å². The molecule has 8 nitrogen and oxygen atoms in total. The molecule has 1 N–H and O–H groups in total. The van der Waals surface area contributed by atoms with Crippen LogP contribution in [0.1, 0.15) is 6.92 Å². The van der Waals surface area contributed by atoms with Crippen LogP contribution in [-0.4, -0.2) is 106 Å². The Morgan fingerprint density at radius 1 is 1.07 bits per heavy atom. The maximum Gasteiger partial charge on any atom is 0.219 e. The summed E-state index contributed by atoms with van der Waals surface area (Å²) in [5.41, 5.74) is 1.21. The zero-order valence-electron chi connectivity index (χ0n) is 17.9. The standard InChI is InChI=1S/C21H34N6O2/c1-18(28)25-11-9-24(10-12-25)8-7-23-21(22-2)27-15-13-26(14-16-27)19-5-4-6-20(17-19)29-3/h4-6,17H,7-16H2,1-3H3,(H,22,23). The van der Waals surface area contributed by atoms with Crippen molar-refractivity contribution in [2.24, 2.45) is 4.99 Å². The first kappa shape index (κ1) is 21.2. The van der Waals surface area contributed by atoms with Crippen molar-refractivity contribution in [2.45, 2.75) is 6.92 Å². The van der Waals surface area contributed by atoms with Gasteiger partial charge in [-0.15, -0.1) is 0 Å². The number of benzene rings is 1. The van der Waals surface area contributed by atoms with Gasteiger partial charge in [0.25, 0.3) is 0 Å². The molecule has 160 valence electrons. The Morgan fingerprint density at radius 2 is 1.76 bits per heavy atom. The minimum Gasteiger partial charge on any atom is -0.497 e. The minimum absolute atomic E-state index is 0.177. The molecule has 2 heterocycles. The molecular formula is C21H34N6O2. The quantitative estimate of drug-likeness (QED) is 0.574. The number of ether oxygens (including phenoxy) is 1. The minimum atomic E-state index is 0.177. The van der Waals surface area contributed by atoms with E-state index in [9.17, 15) is 4.79 Å². The SMILES string of the molecule is CN=C(NCCN1CCN(C(C)=O)CC1)N1CCN(c2cccc(OC)c2)CC1. The number of carbonyl (C=O) groups excluding carboxylic acids is 1. The van der Waals surface area contributed by atoms with Gasteiger partial charge in [-0.1, -0.05) is 6.07 Å². The largest absolute Gasteiger partial charge is 0.497 e. The Kier molecular flexibility index (Phi) is 7.57. The summed E-state index contributed by atoms with van der Waals surface area (Å²) in [6, 6.07) is 8.24. The van der Waals surface area contributed by atoms with Gasteiger partial charge in [0.2, 0.25) is 5.91 Å². The molecule has 1 aromatic carbocycles. The zero-order valence-corrected chi connectivity index (χ0v) is 17.9. The van der Waals surface area contributed by atoms with Gasteiger partial charge in [-0.25, -0.2) is 0 Å². The van der Waals surface area contributed by atoms with Crippen LogP contribution >= 0.6 is 0 Å². The van der Waals surface area contributed by atoms with Crippen LogP contribution in [0, 0.1) is 0 Å². The lowest BCUT2D eigenvalue weighted by Crippen LogP contribution is -2.54. The van der Waals surface area contributed by atoms with Gasteiger partial charge in [-0.3, -0.25) is 14.7 Å². The van der Waals surface area contributed by atoms with Crippen LogP contribution in [0.25, 0.3) is 0 Å². The van der Waals surface area contributed by atoms with Gasteiger partial charge in [0.05, 0.1) is 7.11 Å². The number of rotatable bonds is 5. The fourth-order valence-electron chi connectivity index (χ4n) is 3.93. The van der Waals surface area contributed by atoms with Crippen LogP contribution in [0.5, 0.6) is 5.75 Å². The van der Waals surface area contributed by atoms with E-state index in [0.29, 0.717) is 0 Å². The van der Waals surface area contributed by atoms with E-state index in [-0.39, 0.29) is 5.91 Å². The number of piperazine rings is 2. The molecule has 3 rings (SSSR count). The molecule has 1 amide bonds. The molecule has 29 heavy (non-hydrogen) atoms. The smallest absolute Gasteiger partial charge is 0.219 e. The number of guanidine groups is 1. The molecule has 1 aromatic rings. The average Bonchev–Trinajstić information content (AvgIpc) is 2.77. The van der Waals surface area contributed by atoms with Crippen molar-refractivity contribution >= 4 is 17.6 Å². The number of carbonyl (C=O) groups is 1. The Morgan fingerprint density at radius 3 is 2.38 bits per heavy atom. The van der Waals surface area contributed by atoms with Crippen molar-refractivity contribution in [2.75, 3.05) is 84.5 Å². The molecule has 0 radical (unpaired) electrons. The highest BCUT2D eigenvalue weighted by Gasteiger charge is 2.21. The van der Waals surface area contributed by atoms with Gasteiger partial charge in [-0.2, -0.15) is 0 Å². The zero-order chi connectivity index (χ0) is 20.6. The van der Waals surface area contributed by atoms with E-state index >= 15 is 0 Å². The molecule has 2 saturated heterocycles. The molecule has 0 aliphatic carbocycles. The molecule has 0 bridgehead atoms. The molecular weight excluding hydrogens is 368 g/mol. The summed E-state index contributed by atoms with van der Waals surface area (Å²) >= 11 is 0. The van der Waals surface area contributed by atoms with E-state index in [1.165, 1.54) is 5.69 Å². The number of methoxy groups -OCH3 is 1. The first-order valence-electron chi connectivity index (χ1n) is 10.4. The first-order valence-corrected chi connectivity index (χ1v) is 10.4. The predicted molar refractivity (Wildman–Crippen MR) is 117 cm³/mol. The van der Waals surface area contributed by atoms with Gasteiger partial charge in [-0.05, 0) is 12.1 Å². The molecule has 0 atom stereocenters. The highest BCUT2D eigenvalue weighted by atomic mass is 16.5. The first-order chi connectivity index (χ1) is 14.1. The second-order valence-corrected chi connectivity index (χ2v) is 7.50. The van der Waals surface area contributed by atoms with E-state index < -0.39 is 0 Å². The molecule has 0 aromatic heterocycles. The third-order valence-electron chi connectivity index (χ3n) is 5.74. The monoisotopic (exact) mass is 402 g/mol. The summed E-state index contributed by atoms with van der Waals surface area (Å²) in [6.07, 6.45) is 0. The van der Waals surface area contributed by atoms with Gasteiger partial charge < -0.3 is 24.8 Å². The molecule has 2 aliphatic heterocycles. The van der Waals surface area contributed by atoms with Crippen molar-refractivity contribution in [3.63, 3.8) is 0 Å². The fraction of sp³-hybridized carbons (Fsp3) is 0.619. The van der Waals surface area contributed by atoms with Crippen LogP contribution in [0.4, 0.5) is 5.69 Å². The summed E-state index contributed by atoms with van der Waals surface area (Å²) in [5, 5.41) is 3.51. The maximum atomic E-state index is 11.4. The van der Waals surface area contributed by atoms with Gasteiger partial charge >= 0.3 is 0 Å². The van der Waals surface area contributed by atoms with Crippen LogP contribution in [-0.2, 0) is 4.79 Å². The van der Waals surface area contributed by atoms with Gasteiger partial charge in [0, 0.05) is 91.2 Å². The van der Waals surface area contributed by atoms with Gasteiger partial charge in [0.15, 0.2) is 5.96 Å². The van der Waals surface area contributed by atoms with E-state index in [2.05, 4.69) is 37.1 Å². The summed E-state index contributed by atoms with van der Waals surface area (Å²) in [5.74, 6) is 2.04. The fourth-order valence-corrected chi connectivity index (χ4v) is 3.93. The molecule has 2 fully saturated rings. The summed E-state index contributed by atoms with van der Waals surface area (Å²) in [4.78, 5) is 24.9. The van der Waals surface area contributed by atoms with E-state index in [1.807, 2.05) is 24.1 Å². The number of amides is 1. The lowest BCUT2D eigenvalue weighted by molar-refractivity contribution is -0.130. The maximum absolute atomic E-state index is 11.4. The van der Waals surface area contributed by atoms with E-state index in [0.717, 1.165) is 77.2 Å². The molecule has 0 spiro atoms. The average molecular weight is 403 g/mol. The molecule has 2 aliphatic rings. The second-order valence-electron chi connectivity index (χ2n) is 7.50. The lowest BCUT2D eigenvalue weighted by Gasteiger charge is -2.38. The van der Waals surface area contributed by atoms with Crippen LogP contribution in [0.3, 0.4) is 0 Å². The predicted octanol–water partition coefficient (Wildman–Crippen LogP) is 0.557. The summed E-state index contributed by atoms with van der Waals surface area (Å²) < 4.78 is 5.34. The Hall–Kier alpha value is -2.48. The number of hydrogen-bond acceptors (Lipinski definition) is 5. The highest BCUT2D eigenvalue weighted by Crippen LogP contribution is 2.22. The Bertz CT molecular complexity index is 694. The lowest BCUT2D eigenvalue weighted by atomic mass is 10.2. The van der Waals surface area contributed by atoms with Crippen LogP contribution < -0.4 is 15.0 Å². The van der Waals surface area contributed by atoms with E-state index in [1.54, 1.807) is 14.0 Å². The summed E-state index contributed by atoms with van der Waals surface area (Å²) in [6.45, 7) is 10.8. The molecule has 8 heteroatoms. The Balaban J connectivity index is 1.41. The second kappa shape index (κ2) is 10.3. The Labute approximate surface area is 174 Å². The number of nitrogens with zero attached hydrogens (tertiary/aromatic N) is 5. The van der Waals surface area contributed by atoms with E-state index in [4.69, 9.17) is 4.74 Å². The van der Waals surface area contributed by atoms with Crippen molar-refractivity contribution < 1.29 is 9.53 Å². The highest BCUT2D eigenvalue weighted by molar-refractivity contribution is 5.80. The van der Waals surface area contributed by atoms with Crippen molar-refractivity contribution in [3.05, 3.63) is 24.3 Å². The topological polar surface area (TPSA) is 63.7 Å². The van der Waals surface area contributed by atoms with Crippen molar-refractivity contribution in [1.29, 1.82) is 0 Å². The number of anilines is 1. The van der Waals surface area contributed by atoms with Crippen molar-refractivity contribution in [1.82, 2.24) is 20.0 Å². The third kappa shape index (κ3) is 5.76. The number of hydrogen-bond donors (Lipinski definition) is 1. The third-order valence-corrected chi connectivity index (χ3v) is 5.74. The normalized spacial score (nSPS) is 18.7. The summed E-state index contributed by atoms with van der Waals surface area (Å²) in [7, 11) is 3.55.